The maximum Gasteiger partial charge on any atom is 0.222 e. The zero-order valence-corrected chi connectivity index (χ0v) is 25.9. The predicted molar refractivity (Wildman–Crippen MR) is 161 cm³/mol. The second-order valence-electron chi connectivity index (χ2n) is 13.2. The molecule has 12 heteroatoms. The molecule has 0 bridgehead atoms. The standard InChI is InChI=1S/C30H51ClN6O5/c1-17-35-36-30-23(16-28(41)33-12-11-32-27(40)14-18-3-10-25(38)26(39)13-18)34-29(19-4-6-20(31)7-5-19)22-15-21(42-2)8-9-24(22)37(17)30/h17-26,30,35-36,38-39H,3-16H2,1-2H3,(H,32,40)(H,33,41)/t17?,18?,19?,20?,21?,22?,23-,24?,25?,26?,30?/m0/s1. The number of hydrogen-bond donors (Lipinski definition) is 6. The van der Waals surface area contributed by atoms with E-state index in [9.17, 15) is 19.8 Å². The normalized spacial score (nSPS) is 40.8. The summed E-state index contributed by atoms with van der Waals surface area (Å²) in [6.07, 6.45) is 8.20. The van der Waals surface area contributed by atoms with E-state index in [0.717, 1.165) is 51.4 Å². The van der Waals surface area contributed by atoms with Crippen molar-refractivity contribution < 1.29 is 24.5 Å². The molecule has 2 amide bonds. The number of alkyl halides is 1. The molecule has 8 unspecified atom stereocenters. The number of methoxy groups -OCH3 is 1. The molecule has 238 valence electrons. The summed E-state index contributed by atoms with van der Waals surface area (Å²) in [5.74, 6) is 0.586. The number of nitrogens with zero attached hydrogens (tertiary/aromatic N) is 2. The number of rotatable bonds is 9. The van der Waals surface area contributed by atoms with Gasteiger partial charge in [-0.1, -0.05) is 0 Å². The Morgan fingerprint density at radius 1 is 0.952 bits per heavy atom. The van der Waals surface area contributed by atoms with E-state index in [1.54, 1.807) is 0 Å². The maximum atomic E-state index is 13.2. The SMILES string of the molecule is COC1CCC2C(C1)C(C1CCC(Cl)CC1)=N[C@@H](CC(=O)NCCNC(=O)CC1CCC(O)C(O)C1)C1NNC(C)N21. The molecule has 3 saturated carbocycles. The second kappa shape index (κ2) is 14.6. The summed E-state index contributed by atoms with van der Waals surface area (Å²) >= 11 is 6.49. The molecule has 0 aromatic rings. The third-order valence-electron chi connectivity index (χ3n) is 10.4. The molecule has 4 fully saturated rings. The van der Waals surface area contributed by atoms with Crippen molar-refractivity contribution in [3.05, 3.63) is 0 Å². The number of nitrogens with one attached hydrogen (secondary N) is 4. The van der Waals surface area contributed by atoms with Crippen LogP contribution in [-0.2, 0) is 14.3 Å². The Labute approximate surface area is 254 Å². The van der Waals surface area contributed by atoms with Crippen molar-refractivity contribution in [3.63, 3.8) is 0 Å². The molecular formula is C30H51ClN6O5. The lowest BCUT2D eigenvalue weighted by molar-refractivity contribution is -0.124. The van der Waals surface area contributed by atoms with Gasteiger partial charge in [-0.25, -0.2) is 10.9 Å². The van der Waals surface area contributed by atoms with Crippen LogP contribution in [0.4, 0.5) is 0 Å². The highest BCUT2D eigenvalue weighted by Crippen LogP contribution is 2.42. The molecule has 3 aliphatic carbocycles. The molecule has 1 saturated heterocycles. The monoisotopic (exact) mass is 610 g/mol. The molecule has 42 heavy (non-hydrogen) atoms. The molecule has 2 heterocycles. The van der Waals surface area contributed by atoms with Gasteiger partial charge in [0.25, 0.3) is 0 Å². The van der Waals surface area contributed by atoms with Gasteiger partial charge in [0, 0.05) is 49.7 Å². The number of halogens is 1. The van der Waals surface area contributed by atoms with Gasteiger partial charge in [-0.3, -0.25) is 19.5 Å². The lowest BCUT2D eigenvalue weighted by Crippen LogP contribution is -2.55. The molecule has 11 nitrogen and oxygen atoms in total. The zero-order chi connectivity index (χ0) is 29.8. The number of hydrogen-bond acceptors (Lipinski definition) is 9. The predicted octanol–water partition coefficient (Wildman–Crippen LogP) is 1.41. The summed E-state index contributed by atoms with van der Waals surface area (Å²) < 4.78 is 5.85. The smallest absolute Gasteiger partial charge is 0.222 e. The Hall–Kier alpha value is -1.34. The molecule has 5 aliphatic rings. The van der Waals surface area contributed by atoms with Gasteiger partial charge in [-0.2, -0.15) is 0 Å². The van der Waals surface area contributed by atoms with Crippen molar-refractivity contribution in [1.29, 1.82) is 0 Å². The van der Waals surface area contributed by atoms with Crippen LogP contribution in [0.2, 0.25) is 0 Å². The number of fused-ring (bicyclic) bond motifs is 3. The second-order valence-corrected chi connectivity index (χ2v) is 13.8. The van der Waals surface area contributed by atoms with Crippen molar-refractivity contribution in [2.24, 2.45) is 22.7 Å². The number of carbonyl (C=O) groups excluding carboxylic acids is 2. The van der Waals surface area contributed by atoms with Gasteiger partial charge in [0.05, 0.1) is 43.1 Å². The lowest BCUT2D eigenvalue weighted by Gasteiger charge is -2.44. The van der Waals surface area contributed by atoms with Crippen LogP contribution < -0.4 is 21.5 Å². The first kappa shape index (κ1) is 32.1. The number of aliphatic imine (C=N–C) groups is 1. The van der Waals surface area contributed by atoms with Crippen molar-refractivity contribution in [1.82, 2.24) is 26.4 Å². The van der Waals surface area contributed by atoms with Gasteiger partial charge in [-0.15, -0.1) is 11.6 Å². The average molecular weight is 611 g/mol. The summed E-state index contributed by atoms with van der Waals surface area (Å²) in [6.45, 7) is 2.86. The van der Waals surface area contributed by atoms with E-state index in [1.807, 2.05) is 7.11 Å². The van der Waals surface area contributed by atoms with Gasteiger partial charge in [0.2, 0.25) is 11.8 Å². The van der Waals surface area contributed by atoms with Crippen LogP contribution in [0.5, 0.6) is 0 Å². The Morgan fingerprint density at radius 3 is 2.36 bits per heavy atom. The minimum absolute atomic E-state index is 0.0699. The van der Waals surface area contributed by atoms with Crippen LogP contribution >= 0.6 is 11.6 Å². The highest BCUT2D eigenvalue weighted by atomic mass is 35.5. The Bertz CT molecular complexity index is 964. The van der Waals surface area contributed by atoms with E-state index >= 15 is 0 Å². The number of carbonyl (C=O) groups is 2. The molecule has 0 aromatic heterocycles. The van der Waals surface area contributed by atoms with E-state index in [-0.39, 0.29) is 54.0 Å². The summed E-state index contributed by atoms with van der Waals surface area (Å²) in [5, 5.41) is 25.7. The number of ether oxygens (including phenoxy) is 1. The highest BCUT2D eigenvalue weighted by molar-refractivity contribution is 6.20. The number of amides is 2. The first-order valence-electron chi connectivity index (χ1n) is 16.2. The minimum Gasteiger partial charge on any atom is -0.390 e. The van der Waals surface area contributed by atoms with Crippen LogP contribution in [0.25, 0.3) is 0 Å². The zero-order valence-electron chi connectivity index (χ0n) is 25.1. The van der Waals surface area contributed by atoms with Gasteiger partial charge in [0.1, 0.15) is 0 Å². The molecule has 0 aromatic carbocycles. The summed E-state index contributed by atoms with van der Waals surface area (Å²) in [5.41, 5.74) is 8.13. The van der Waals surface area contributed by atoms with Crippen molar-refractivity contribution in [3.8, 4) is 0 Å². The number of aliphatic hydroxyl groups is 2. The van der Waals surface area contributed by atoms with Crippen LogP contribution in [0.1, 0.15) is 84.0 Å². The van der Waals surface area contributed by atoms with Crippen molar-refractivity contribution >= 4 is 29.1 Å². The third-order valence-corrected chi connectivity index (χ3v) is 10.8. The third kappa shape index (κ3) is 7.65. The number of aliphatic hydroxyl groups excluding tert-OH is 2. The molecule has 6 N–H and O–H groups in total. The lowest BCUT2D eigenvalue weighted by atomic mass is 9.72. The van der Waals surface area contributed by atoms with Crippen molar-refractivity contribution in [2.75, 3.05) is 20.2 Å². The van der Waals surface area contributed by atoms with Gasteiger partial charge in [0.15, 0.2) is 0 Å². The highest BCUT2D eigenvalue weighted by Gasteiger charge is 2.50. The quantitative estimate of drug-likeness (QED) is 0.170. The van der Waals surface area contributed by atoms with E-state index in [4.69, 9.17) is 21.3 Å². The summed E-state index contributed by atoms with van der Waals surface area (Å²) in [4.78, 5) is 33.6. The first-order chi connectivity index (χ1) is 20.2. The Morgan fingerprint density at radius 2 is 1.67 bits per heavy atom. The molecule has 2 aliphatic heterocycles. The van der Waals surface area contributed by atoms with Crippen LogP contribution in [0.3, 0.4) is 0 Å². The largest absolute Gasteiger partial charge is 0.390 e. The maximum absolute atomic E-state index is 13.2. The van der Waals surface area contributed by atoms with E-state index in [1.165, 1.54) is 5.71 Å². The summed E-state index contributed by atoms with van der Waals surface area (Å²) in [6, 6.07) is 0.101. The fourth-order valence-electron chi connectivity index (χ4n) is 8.06. The fraction of sp³-hybridized carbons (Fsp3) is 0.900. The molecule has 9 atom stereocenters. The van der Waals surface area contributed by atoms with Gasteiger partial charge < -0.3 is 25.6 Å². The minimum atomic E-state index is -0.757. The number of hydrazine groups is 1. The van der Waals surface area contributed by atoms with Crippen LogP contribution in [0, 0.1) is 17.8 Å². The fourth-order valence-corrected chi connectivity index (χ4v) is 8.31. The molecule has 0 radical (unpaired) electrons. The van der Waals surface area contributed by atoms with Crippen LogP contribution in [0.15, 0.2) is 4.99 Å². The topological polar surface area (TPSA) is 148 Å². The average Bonchev–Trinajstić information content (AvgIpc) is 3.30. The van der Waals surface area contributed by atoms with Crippen LogP contribution in [-0.4, -0.2) is 101 Å². The van der Waals surface area contributed by atoms with Crippen molar-refractivity contribution in [2.45, 2.75) is 132 Å². The van der Waals surface area contributed by atoms with E-state index < -0.39 is 12.2 Å². The Kier molecular flexibility index (Phi) is 11.2. The van der Waals surface area contributed by atoms with Gasteiger partial charge in [-0.05, 0) is 83.0 Å². The first-order valence-corrected chi connectivity index (χ1v) is 16.6. The molecular weight excluding hydrogens is 560 g/mol. The molecule has 5 rings (SSSR count). The van der Waals surface area contributed by atoms with Gasteiger partial charge >= 0.3 is 0 Å². The molecule has 0 spiro atoms. The summed E-state index contributed by atoms with van der Waals surface area (Å²) in [7, 11) is 1.81. The van der Waals surface area contributed by atoms with E-state index in [2.05, 4.69) is 33.3 Å². The Balaban J connectivity index is 1.20. The van der Waals surface area contributed by atoms with E-state index in [0.29, 0.717) is 50.2 Å².